The van der Waals surface area contributed by atoms with Gasteiger partial charge in [-0.3, -0.25) is 4.99 Å². The molecule has 2 aromatic heterocycles. The smallest absolute Gasteiger partial charge is 0.141 e. The highest BCUT2D eigenvalue weighted by atomic mass is 79.9. The molecule has 126 valence electrons. The first-order valence-corrected chi connectivity index (χ1v) is 9.06. The number of nitrogens with one attached hydrogen (secondary N) is 1. The third kappa shape index (κ3) is 2.71. The highest BCUT2D eigenvalue weighted by Gasteiger charge is 2.24. The Hall–Kier alpha value is -1.86. The predicted molar refractivity (Wildman–Crippen MR) is 103 cm³/mol. The molecule has 4 heterocycles. The van der Waals surface area contributed by atoms with Crippen LogP contribution in [0.25, 0.3) is 11.0 Å². The number of hydrogen-bond donors (Lipinski definition) is 2. The van der Waals surface area contributed by atoms with Gasteiger partial charge in [0.25, 0.3) is 0 Å². The lowest BCUT2D eigenvalue weighted by Gasteiger charge is -2.34. The molecule has 0 aromatic carbocycles. The van der Waals surface area contributed by atoms with Gasteiger partial charge in [0.15, 0.2) is 0 Å². The number of aromatic amines is 1. The molecule has 2 aliphatic heterocycles. The number of fused-ring (bicyclic) bond motifs is 1. The summed E-state index contributed by atoms with van der Waals surface area (Å²) in [6.07, 6.45) is 10.1. The Morgan fingerprint density at radius 2 is 2.29 bits per heavy atom. The lowest BCUT2D eigenvalue weighted by molar-refractivity contribution is 0.506. The van der Waals surface area contributed by atoms with Crippen molar-refractivity contribution in [2.45, 2.75) is 25.8 Å². The van der Waals surface area contributed by atoms with Gasteiger partial charge in [-0.15, -0.1) is 0 Å². The molecule has 1 saturated heterocycles. The van der Waals surface area contributed by atoms with E-state index in [0.717, 1.165) is 59.4 Å². The minimum Gasteiger partial charge on any atom is -0.368 e. The van der Waals surface area contributed by atoms with Crippen LogP contribution in [0.3, 0.4) is 0 Å². The zero-order chi connectivity index (χ0) is 16.7. The van der Waals surface area contributed by atoms with Crippen molar-refractivity contribution in [3.8, 4) is 0 Å². The Morgan fingerprint density at radius 3 is 3.08 bits per heavy atom. The van der Waals surface area contributed by atoms with Crippen molar-refractivity contribution in [1.82, 2.24) is 9.97 Å². The van der Waals surface area contributed by atoms with Crippen LogP contribution in [0.5, 0.6) is 0 Å². The van der Waals surface area contributed by atoms with Gasteiger partial charge in [0.2, 0.25) is 0 Å². The maximum Gasteiger partial charge on any atom is 0.141 e. The van der Waals surface area contributed by atoms with Gasteiger partial charge in [0.05, 0.1) is 33.5 Å². The molecule has 2 aliphatic rings. The fourth-order valence-corrected chi connectivity index (χ4v) is 4.09. The molecule has 24 heavy (non-hydrogen) atoms. The highest BCUT2D eigenvalue weighted by molar-refractivity contribution is 9.10. The summed E-state index contributed by atoms with van der Waals surface area (Å²) in [5.74, 6) is 0. The first-order chi connectivity index (χ1) is 11.6. The van der Waals surface area contributed by atoms with E-state index in [1.807, 2.05) is 25.5 Å². The molecular weight excluding hydrogens is 368 g/mol. The van der Waals surface area contributed by atoms with E-state index >= 15 is 0 Å². The minimum absolute atomic E-state index is 0.223. The third-order valence-corrected chi connectivity index (χ3v) is 5.19. The van der Waals surface area contributed by atoms with Crippen LogP contribution in [0.4, 0.5) is 11.4 Å². The summed E-state index contributed by atoms with van der Waals surface area (Å²) in [6.45, 7) is 4.66. The van der Waals surface area contributed by atoms with Gasteiger partial charge < -0.3 is 20.5 Å². The van der Waals surface area contributed by atoms with Gasteiger partial charge in [-0.05, 0) is 35.7 Å². The summed E-state index contributed by atoms with van der Waals surface area (Å²) in [6, 6.07) is 0.223. The quantitative estimate of drug-likeness (QED) is 0.828. The number of H-pyrrole nitrogens is 1. The Balaban J connectivity index is 1.85. The zero-order valence-electron chi connectivity index (χ0n) is 13.7. The molecule has 4 rings (SSSR count). The summed E-state index contributed by atoms with van der Waals surface area (Å²) in [5.41, 5.74) is 10.4. The molecule has 0 saturated carbocycles. The fourth-order valence-electron chi connectivity index (χ4n) is 3.54. The number of nitrogens with two attached hydrogens (primary N) is 1. The molecule has 0 amide bonds. The number of halogens is 1. The van der Waals surface area contributed by atoms with Gasteiger partial charge in [-0.25, -0.2) is 4.98 Å². The van der Waals surface area contributed by atoms with Crippen LogP contribution in [-0.4, -0.2) is 41.9 Å². The van der Waals surface area contributed by atoms with E-state index in [9.17, 15) is 0 Å². The van der Waals surface area contributed by atoms with Crippen molar-refractivity contribution in [1.29, 1.82) is 0 Å². The second-order valence-corrected chi connectivity index (χ2v) is 7.29. The molecule has 0 radical (unpaired) electrons. The van der Waals surface area contributed by atoms with E-state index in [1.54, 1.807) is 0 Å². The molecule has 7 heteroatoms. The molecule has 1 fully saturated rings. The van der Waals surface area contributed by atoms with Gasteiger partial charge in [0, 0.05) is 43.9 Å². The van der Waals surface area contributed by atoms with Crippen LogP contribution >= 0.6 is 15.9 Å². The van der Waals surface area contributed by atoms with Crippen LogP contribution in [0.15, 0.2) is 33.8 Å². The SMILES string of the molecule is CC1=CN(c2c[nH]c3ncc(Br)c(N4CCC[C@@H](N)C4)c23)CC=N1. The number of hydrogen-bond acceptors (Lipinski definition) is 5. The Morgan fingerprint density at radius 1 is 1.42 bits per heavy atom. The number of aliphatic imine (C=N–C) groups is 1. The zero-order valence-corrected chi connectivity index (χ0v) is 15.3. The maximum absolute atomic E-state index is 6.21. The van der Waals surface area contributed by atoms with E-state index in [-0.39, 0.29) is 6.04 Å². The summed E-state index contributed by atoms with van der Waals surface area (Å²) in [5, 5.41) is 1.14. The first-order valence-electron chi connectivity index (χ1n) is 8.27. The maximum atomic E-state index is 6.21. The molecule has 1 atom stereocenters. The highest BCUT2D eigenvalue weighted by Crippen LogP contribution is 2.40. The number of rotatable bonds is 2. The number of nitrogens with zero attached hydrogens (tertiary/aromatic N) is 4. The number of anilines is 2. The average Bonchev–Trinajstić information content (AvgIpc) is 2.98. The number of pyridine rings is 1. The van der Waals surface area contributed by atoms with Gasteiger partial charge >= 0.3 is 0 Å². The van der Waals surface area contributed by atoms with Gasteiger partial charge in [-0.2, -0.15) is 0 Å². The lowest BCUT2D eigenvalue weighted by Crippen LogP contribution is -2.43. The summed E-state index contributed by atoms with van der Waals surface area (Å²) in [7, 11) is 0. The fraction of sp³-hybridized carbons (Fsp3) is 0.412. The predicted octanol–water partition coefficient (Wildman–Crippen LogP) is 3.01. The van der Waals surface area contributed by atoms with Crippen LogP contribution in [0.1, 0.15) is 19.8 Å². The minimum atomic E-state index is 0.223. The van der Waals surface area contributed by atoms with E-state index in [1.165, 1.54) is 5.69 Å². The molecule has 0 unspecified atom stereocenters. The molecule has 3 N–H and O–H groups in total. The Kier molecular flexibility index (Phi) is 4.05. The van der Waals surface area contributed by atoms with Crippen molar-refractivity contribution in [2.75, 3.05) is 29.4 Å². The molecule has 0 aliphatic carbocycles. The first kappa shape index (κ1) is 15.7. The topological polar surface area (TPSA) is 73.5 Å². The monoisotopic (exact) mass is 388 g/mol. The average molecular weight is 389 g/mol. The van der Waals surface area contributed by atoms with Crippen molar-refractivity contribution in [3.05, 3.63) is 28.8 Å². The molecule has 2 aromatic rings. The largest absolute Gasteiger partial charge is 0.368 e. The summed E-state index contributed by atoms with van der Waals surface area (Å²) in [4.78, 5) is 16.8. The van der Waals surface area contributed by atoms with Crippen molar-refractivity contribution >= 4 is 44.6 Å². The number of aromatic nitrogens is 2. The lowest BCUT2D eigenvalue weighted by atomic mass is 10.1. The van der Waals surface area contributed by atoms with Gasteiger partial charge in [0.1, 0.15) is 5.65 Å². The second-order valence-electron chi connectivity index (χ2n) is 6.44. The van der Waals surface area contributed by atoms with Gasteiger partial charge in [-0.1, -0.05) is 0 Å². The van der Waals surface area contributed by atoms with Crippen LogP contribution in [0, 0.1) is 0 Å². The van der Waals surface area contributed by atoms with Crippen LogP contribution < -0.4 is 15.5 Å². The van der Waals surface area contributed by atoms with E-state index < -0.39 is 0 Å². The number of allylic oxidation sites excluding steroid dienone is 1. The molecular formula is C17H21BrN6. The van der Waals surface area contributed by atoms with Crippen LogP contribution in [0.2, 0.25) is 0 Å². The van der Waals surface area contributed by atoms with E-state index in [4.69, 9.17) is 5.73 Å². The molecule has 0 spiro atoms. The van der Waals surface area contributed by atoms with Crippen molar-refractivity contribution < 1.29 is 0 Å². The second kappa shape index (κ2) is 6.22. The normalized spacial score (nSPS) is 21.5. The third-order valence-electron chi connectivity index (χ3n) is 4.61. The van der Waals surface area contributed by atoms with Crippen LogP contribution in [-0.2, 0) is 0 Å². The molecule has 0 bridgehead atoms. The van der Waals surface area contributed by atoms with E-state index in [2.05, 4.69) is 46.9 Å². The van der Waals surface area contributed by atoms with E-state index in [0.29, 0.717) is 0 Å². The van der Waals surface area contributed by atoms with Crippen molar-refractivity contribution in [3.63, 3.8) is 0 Å². The van der Waals surface area contributed by atoms with Crippen molar-refractivity contribution in [2.24, 2.45) is 10.7 Å². The standard InChI is InChI=1S/C17H21BrN6/c1-11-9-23(6-4-20-11)14-8-22-17-15(14)16(13(18)7-21-17)24-5-2-3-12(19)10-24/h4,7-9,12H,2-3,5-6,10,19H2,1H3,(H,21,22)/t12-/m1/s1. The molecule has 6 nitrogen and oxygen atoms in total. The number of piperidine rings is 1. The Labute approximate surface area is 149 Å². The summed E-state index contributed by atoms with van der Waals surface area (Å²) < 4.78 is 1.01. The summed E-state index contributed by atoms with van der Waals surface area (Å²) >= 11 is 3.71. The Bertz CT molecular complexity index is 824.